The number of rotatable bonds is 5. The summed E-state index contributed by atoms with van der Waals surface area (Å²) in [7, 11) is 5.27. The molecule has 17 heavy (non-hydrogen) atoms. The van der Waals surface area contributed by atoms with Crippen LogP contribution in [0.3, 0.4) is 0 Å². The smallest absolute Gasteiger partial charge is 0.129 e. The van der Waals surface area contributed by atoms with Crippen LogP contribution >= 0.6 is 0 Å². The van der Waals surface area contributed by atoms with Crippen molar-refractivity contribution in [1.29, 1.82) is 0 Å². The van der Waals surface area contributed by atoms with E-state index in [0.29, 0.717) is 6.04 Å². The number of hydrogen-bond acceptors (Lipinski definition) is 3. The van der Waals surface area contributed by atoms with Gasteiger partial charge in [0.25, 0.3) is 0 Å². The number of ether oxygens (including phenoxy) is 2. The first-order valence-electron chi connectivity index (χ1n) is 5.69. The van der Waals surface area contributed by atoms with Crippen LogP contribution < -0.4 is 14.8 Å². The zero-order chi connectivity index (χ0) is 12.8. The minimum Gasteiger partial charge on any atom is -0.497 e. The van der Waals surface area contributed by atoms with Gasteiger partial charge in [-0.1, -0.05) is 11.6 Å². The number of methoxy groups -OCH3 is 2. The molecule has 0 radical (unpaired) electrons. The van der Waals surface area contributed by atoms with E-state index in [0.717, 1.165) is 17.1 Å². The van der Waals surface area contributed by atoms with E-state index in [1.807, 2.05) is 25.2 Å². The van der Waals surface area contributed by atoms with E-state index < -0.39 is 0 Å². The fraction of sp³-hybridized carbons (Fsp3) is 0.429. The normalized spacial score (nSPS) is 13.4. The lowest BCUT2D eigenvalue weighted by molar-refractivity contribution is 0.393. The lowest BCUT2D eigenvalue weighted by Gasteiger charge is -2.12. The van der Waals surface area contributed by atoms with Gasteiger partial charge in [-0.15, -0.1) is 0 Å². The second-order valence-electron chi connectivity index (χ2n) is 4.01. The Morgan fingerprint density at radius 3 is 2.53 bits per heavy atom. The number of nitrogens with one attached hydrogen (secondary N) is 1. The van der Waals surface area contributed by atoms with E-state index in [-0.39, 0.29) is 0 Å². The van der Waals surface area contributed by atoms with E-state index in [4.69, 9.17) is 9.47 Å². The van der Waals surface area contributed by atoms with Crippen molar-refractivity contribution in [2.45, 2.75) is 19.9 Å². The van der Waals surface area contributed by atoms with Crippen LogP contribution in [0.4, 0.5) is 0 Å². The van der Waals surface area contributed by atoms with Gasteiger partial charge in [0, 0.05) is 17.7 Å². The third-order valence-electron chi connectivity index (χ3n) is 2.94. The molecular formula is C14H21NO2. The minimum absolute atomic E-state index is 0.349. The van der Waals surface area contributed by atoms with Gasteiger partial charge in [0.1, 0.15) is 11.5 Å². The molecular weight excluding hydrogens is 214 g/mol. The van der Waals surface area contributed by atoms with E-state index in [2.05, 4.69) is 25.2 Å². The van der Waals surface area contributed by atoms with Crippen molar-refractivity contribution in [3.8, 4) is 11.5 Å². The Kier molecular flexibility index (Phi) is 5.04. The summed E-state index contributed by atoms with van der Waals surface area (Å²) in [6.07, 6.45) is 2.12. The zero-order valence-corrected chi connectivity index (χ0v) is 11.2. The predicted octanol–water partition coefficient (Wildman–Crippen LogP) is 2.72. The number of hydrogen-bond donors (Lipinski definition) is 1. The highest BCUT2D eigenvalue weighted by Crippen LogP contribution is 2.26. The molecule has 1 rings (SSSR count). The summed E-state index contributed by atoms with van der Waals surface area (Å²) in [5, 5.41) is 3.21. The van der Waals surface area contributed by atoms with Crippen molar-refractivity contribution in [1.82, 2.24) is 5.32 Å². The lowest BCUT2D eigenvalue weighted by Crippen LogP contribution is -2.21. The third-order valence-corrected chi connectivity index (χ3v) is 2.94. The maximum Gasteiger partial charge on any atom is 0.129 e. The second kappa shape index (κ2) is 6.30. The molecule has 0 aliphatic carbocycles. The average Bonchev–Trinajstić information content (AvgIpc) is 2.37. The van der Waals surface area contributed by atoms with Crippen LogP contribution in [0.15, 0.2) is 23.8 Å². The molecule has 0 heterocycles. The SMILES string of the molecule is CNC(C)/C(C)=C/c1ccc(OC)cc1OC. The second-order valence-corrected chi connectivity index (χ2v) is 4.01. The van der Waals surface area contributed by atoms with Gasteiger partial charge in [-0.3, -0.25) is 0 Å². The lowest BCUT2D eigenvalue weighted by atomic mass is 10.1. The van der Waals surface area contributed by atoms with Crippen molar-refractivity contribution in [2.75, 3.05) is 21.3 Å². The van der Waals surface area contributed by atoms with E-state index in [1.54, 1.807) is 14.2 Å². The number of benzene rings is 1. The summed E-state index contributed by atoms with van der Waals surface area (Å²) < 4.78 is 10.5. The maximum atomic E-state index is 5.36. The molecule has 94 valence electrons. The quantitative estimate of drug-likeness (QED) is 0.851. The van der Waals surface area contributed by atoms with Crippen molar-refractivity contribution in [3.05, 3.63) is 29.3 Å². The monoisotopic (exact) mass is 235 g/mol. The Bertz CT molecular complexity index is 399. The standard InChI is InChI=1S/C14H21NO2/c1-10(11(2)15-3)8-12-6-7-13(16-4)9-14(12)17-5/h6-9,11,15H,1-5H3/b10-8+. The maximum absolute atomic E-state index is 5.36. The zero-order valence-electron chi connectivity index (χ0n) is 11.2. The largest absolute Gasteiger partial charge is 0.497 e. The minimum atomic E-state index is 0.349. The first-order valence-corrected chi connectivity index (χ1v) is 5.69. The summed E-state index contributed by atoms with van der Waals surface area (Å²) in [5.74, 6) is 1.63. The molecule has 0 saturated heterocycles. The topological polar surface area (TPSA) is 30.5 Å². The Labute approximate surface area is 103 Å². The molecule has 1 atom stereocenters. The molecule has 0 aliphatic rings. The molecule has 0 amide bonds. The van der Waals surface area contributed by atoms with Gasteiger partial charge in [-0.25, -0.2) is 0 Å². The van der Waals surface area contributed by atoms with Gasteiger partial charge in [0.2, 0.25) is 0 Å². The van der Waals surface area contributed by atoms with Gasteiger partial charge < -0.3 is 14.8 Å². The molecule has 1 unspecified atom stereocenters. The summed E-state index contributed by atoms with van der Waals surface area (Å²) in [4.78, 5) is 0. The van der Waals surface area contributed by atoms with Crippen LogP contribution in [0.5, 0.6) is 11.5 Å². The molecule has 1 aromatic carbocycles. The van der Waals surface area contributed by atoms with E-state index in [9.17, 15) is 0 Å². The Hall–Kier alpha value is -1.48. The molecule has 3 nitrogen and oxygen atoms in total. The predicted molar refractivity (Wildman–Crippen MR) is 71.7 cm³/mol. The Morgan fingerprint density at radius 1 is 1.29 bits per heavy atom. The molecule has 0 aromatic heterocycles. The van der Waals surface area contributed by atoms with Crippen molar-refractivity contribution >= 4 is 6.08 Å². The van der Waals surface area contributed by atoms with Gasteiger partial charge in [-0.2, -0.15) is 0 Å². The van der Waals surface area contributed by atoms with Gasteiger partial charge >= 0.3 is 0 Å². The molecule has 0 aliphatic heterocycles. The van der Waals surface area contributed by atoms with E-state index in [1.165, 1.54) is 5.57 Å². The van der Waals surface area contributed by atoms with Crippen LogP contribution in [-0.2, 0) is 0 Å². The molecule has 1 N–H and O–H groups in total. The van der Waals surface area contributed by atoms with Gasteiger partial charge in [0.05, 0.1) is 14.2 Å². The van der Waals surface area contributed by atoms with E-state index >= 15 is 0 Å². The summed E-state index contributed by atoms with van der Waals surface area (Å²) in [5.41, 5.74) is 2.32. The molecule has 0 fully saturated rings. The number of likely N-dealkylation sites (N-methyl/N-ethyl adjacent to an activating group) is 1. The molecule has 0 spiro atoms. The van der Waals surface area contributed by atoms with Crippen LogP contribution in [-0.4, -0.2) is 27.3 Å². The Balaban J connectivity index is 3.05. The third kappa shape index (κ3) is 3.49. The van der Waals surface area contributed by atoms with Gasteiger partial charge in [-0.05, 0) is 33.0 Å². The van der Waals surface area contributed by atoms with Crippen LogP contribution in [0.1, 0.15) is 19.4 Å². The Morgan fingerprint density at radius 2 is 2.00 bits per heavy atom. The average molecular weight is 235 g/mol. The highest BCUT2D eigenvalue weighted by Gasteiger charge is 2.05. The first-order chi connectivity index (χ1) is 8.12. The molecule has 1 aromatic rings. The molecule has 0 saturated carbocycles. The summed E-state index contributed by atoms with van der Waals surface area (Å²) >= 11 is 0. The van der Waals surface area contributed by atoms with Crippen molar-refractivity contribution in [3.63, 3.8) is 0 Å². The van der Waals surface area contributed by atoms with Crippen molar-refractivity contribution < 1.29 is 9.47 Å². The fourth-order valence-electron chi connectivity index (χ4n) is 1.54. The molecule has 0 bridgehead atoms. The molecule has 3 heteroatoms. The first kappa shape index (κ1) is 13.6. The van der Waals surface area contributed by atoms with Crippen molar-refractivity contribution in [2.24, 2.45) is 0 Å². The fourth-order valence-corrected chi connectivity index (χ4v) is 1.54. The summed E-state index contributed by atoms with van der Waals surface area (Å²) in [6.45, 7) is 4.23. The summed E-state index contributed by atoms with van der Waals surface area (Å²) in [6, 6.07) is 6.18. The van der Waals surface area contributed by atoms with Crippen LogP contribution in [0.25, 0.3) is 6.08 Å². The highest BCUT2D eigenvalue weighted by atomic mass is 16.5. The van der Waals surface area contributed by atoms with Gasteiger partial charge in [0.15, 0.2) is 0 Å². The highest BCUT2D eigenvalue weighted by molar-refractivity contribution is 5.61. The van der Waals surface area contributed by atoms with Crippen LogP contribution in [0, 0.1) is 0 Å². The van der Waals surface area contributed by atoms with Crippen LogP contribution in [0.2, 0.25) is 0 Å².